The zero-order valence-electron chi connectivity index (χ0n) is 9.84. The van der Waals surface area contributed by atoms with Crippen molar-refractivity contribution >= 4 is 27.3 Å². The SMILES string of the molecule is C=CCCCCCC(NC)c1ccc(Br)s1. The number of hydrogen-bond acceptors (Lipinski definition) is 2. The molecule has 1 atom stereocenters. The van der Waals surface area contributed by atoms with E-state index in [-0.39, 0.29) is 0 Å². The van der Waals surface area contributed by atoms with E-state index in [0.29, 0.717) is 6.04 Å². The third-order valence-corrected chi connectivity index (χ3v) is 4.42. The van der Waals surface area contributed by atoms with Crippen molar-refractivity contribution in [2.75, 3.05) is 7.05 Å². The number of hydrogen-bond donors (Lipinski definition) is 1. The van der Waals surface area contributed by atoms with Crippen molar-refractivity contribution in [2.45, 2.75) is 38.1 Å². The van der Waals surface area contributed by atoms with Gasteiger partial charge in [0.05, 0.1) is 3.79 Å². The van der Waals surface area contributed by atoms with Crippen LogP contribution in [0.25, 0.3) is 0 Å². The molecule has 0 aliphatic carbocycles. The molecule has 0 radical (unpaired) electrons. The Kier molecular flexibility index (Phi) is 7.01. The maximum absolute atomic E-state index is 3.74. The third-order valence-electron chi connectivity index (χ3n) is 2.69. The quantitative estimate of drug-likeness (QED) is 0.531. The maximum atomic E-state index is 3.74. The second-order valence-electron chi connectivity index (χ2n) is 3.91. The Labute approximate surface area is 111 Å². The maximum Gasteiger partial charge on any atom is 0.0701 e. The summed E-state index contributed by atoms with van der Waals surface area (Å²) in [5.74, 6) is 0. The van der Waals surface area contributed by atoms with E-state index >= 15 is 0 Å². The molecule has 0 aliphatic heterocycles. The summed E-state index contributed by atoms with van der Waals surface area (Å²) in [6.45, 7) is 3.74. The standard InChI is InChI=1S/C13H20BrNS/c1-3-4-5-6-7-8-11(15-2)12-9-10-13(14)16-12/h3,9-11,15H,1,4-8H2,2H3. The van der Waals surface area contributed by atoms with Crippen LogP contribution < -0.4 is 5.32 Å². The highest BCUT2D eigenvalue weighted by Gasteiger charge is 2.10. The van der Waals surface area contributed by atoms with E-state index in [2.05, 4.69) is 40.0 Å². The topological polar surface area (TPSA) is 12.0 Å². The first-order valence-corrected chi connectivity index (χ1v) is 7.42. The van der Waals surface area contributed by atoms with Gasteiger partial charge in [0.2, 0.25) is 0 Å². The molecule has 3 heteroatoms. The summed E-state index contributed by atoms with van der Waals surface area (Å²) in [4.78, 5) is 1.43. The molecule has 0 aliphatic rings. The lowest BCUT2D eigenvalue weighted by molar-refractivity contribution is 0.514. The molecule has 1 nitrogen and oxygen atoms in total. The molecule has 16 heavy (non-hydrogen) atoms. The van der Waals surface area contributed by atoms with Crippen molar-refractivity contribution in [2.24, 2.45) is 0 Å². The monoisotopic (exact) mass is 301 g/mol. The average molecular weight is 302 g/mol. The second kappa shape index (κ2) is 8.04. The Bertz CT molecular complexity index is 309. The van der Waals surface area contributed by atoms with Crippen LogP contribution in [0.5, 0.6) is 0 Å². The molecule has 0 aromatic carbocycles. The van der Waals surface area contributed by atoms with Gasteiger partial charge in [0.1, 0.15) is 0 Å². The van der Waals surface area contributed by atoms with E-state index in [0.717, 1.165) is 6.42 Å². The van der Waals surface area contributed by atoms with E-state index in [4.69, 9.17) is 0 Å². The second-order valence-corrected chi connectivity index (χ2v) is 6.40. The summed E-state index contributed by atoms with van der Waals surface area (Å²) >= 11 is 5.34. The van der Waals surface area contributed by atoms with Crippen LogP contribution in [-0.2, 0) is 0 Å². The first-order valence-electron chi connectivity index (χ1n) is 5.81. The molecule has 0 spiro atoms. The van der Waals surface area contributed by atoms with Crippen LogP contribution in [0.4, 0.5) is 0 Å². The molecule has 0 saturated heterocycles. The summed E-state index contributed by atoms with van der Waals surface area (Å²) in [6, 6.07) is 4.85. The van der Waals surface area contributed by atoms with Crippen LogP contribution in [0.2, 0.25) is 0 Å². The first-order chi connectivity index (χ1) is 7.77. The number of unbranched alkanes of at least 4 members (excludes halogenated alkanes) is 3. The average Bonchev–Trinajstić information content (AvgIpc) is 2.70. The molecule has 0 saturated carbocycles. The van der Waals surface area contributed by atoms with Gasteiger partial charge in [-0.3, -0.25) is 0 Å². The summed E-state index contributed by atoms with van der Waals surface area (Å²) in [5, 5.41) is 3.39. The fraction of sp³-hybridized carbons (Fsp3) is 0.538. The fourth-order valence-electron chi connectivity index (χ4n) is 1.76. The normalized spacial score (nSPS) is 12.6. The van der Waals surface area contributed by atoms with Gasteiger partial charge in [-0.15, -0.1) is 17.9 Å². The van der Waals surface area contributed by atoms with Crippen LogP contribution in [0.1, 0.15) is 43.0 Å². The number of rotatable bonds is 8. The van der Waals surface area contributed by atoms with E-state index in [1.807, 2.05) is 24.5 Å². The van der Waals surface area contributed by atoms with E-state index in [1.165, 1.54) is 34.3 Å². The Hall–Kier alpha value is -0.120. The van der Waals surface area contributed by atoms with Crippen LogP contribution >= 0.6 is 27.3 Å². The Balaban J connectivity index is 2.29. The molecule has 1 aromatic rings. The highest BCUT2D eigenvalue weighted by atomic mass is 79.9. The summed E-state index contributed by atoms with van der Waals surface area (Å²) in [6.07, 6.45) is 8.24. The lowest BCUT2D eigenvalue weighted by Gasteiger charge is -2.13. The van der Waals surface area contributed by atoms with Crippen LogP contribution in [0.15, 0.2) is 28.6 Å². The van der Waals surface area contributed by atoms with Gasteiger partial charge in [-0.05, 0) is 54.4 Å². The minimum absolute atomic E-state index is 0.514. The minimum atomic E-state index is 0.514. The number of allylic oxidation sites excluding steroid dienone is 1. The zero-order valence-corrected chi connectivity index (χ0v) is 12.2. The molecule has 0 fully saturated rings. The van der Waals surface area contributed by atoms with Crippen LogP contribution in [0.3, 0.4) is 0 Å². The van der Waals surface area contributed by atoms with E-state index in [9.17, 15) is 0 Å². The molecule has 0 bridgehead atoms. The van der Waals surface area contributed by atoms with Crippen molar-refractivity contribution < 1.29 is 0 Å². The number of halogens is 1. The van der Waals surface area contributed by atoms with Gasteiger partial charge >= 0.3 is 0 Å². The van der Waals surface area contributed by atoms with Crippen molar-refractivity contribution in [1.29, 1.82) is 0 Å². The first kappa shape index (κ1) is 13.9. The smallest absolute Gasteiger partial charge is 0.0701 e. The predicted octanol–water partition coefficient (Wildman–Crippen LogP) is 4.91. The molecule has 1 aromatic heterocycles. The lowest BCUT2D eigenvalue weighted by atomic mass is 10.1. The Morgan fingerprint density at radius 3 is 2.81 bits per heavy atom. The van der Waals surface area contributed by atoms with Crippen molar-refractivity contribution in [1.82, 2.24) is 5.32 Å². The summed E-state index contributed by atoms with van der Waals surface area (Å²) < 4.78 is 1.22. The van der Waals surface area contributed by atoms with Crippen molar-refractivity contribution in [3.05, 3.63) is 33.5 Å². The largest absolute Gasteiger partial charge is 0.312 e. The van der Waals surface area contributed by atoms with Gasteiger partial charge in [-0.2, -0.15) is 0 Å². The van der Waals surface area contributed by atoms with Crippen molar-refractivity contribution in [3.8, 4) is 0 Å². The van der Waals surface area contributed by atoms with Gasteiger partial charge in [0, 0.05) is 10.9 Å². The third kappa shape index (κ3) is 4.81. The summed E-state index contributed by atoms with van der Waals surface area (Å²) in [7, 11) is 2.04. The lowest BCUT2D eigenvalue weighted by Crippen LogP contribution is -2.14. The molecule has 1 unspecified atom stereocenters. The minimum Gasteiger partial charge on any atom is -0.312 e. The molecule has 90 valence electrons. The zero-order chi connectivity index (χ0) is 11.8. The molecule has 1 rings (SSSR count). The van der Waals surface area contributed by atoms with Gasteiger partial charge in [-0.1, -0.05) is 18.9 Å². The highest BCUT2D eigenvalue weighted by molar-refractivity contribution is 9.11. The molecule has 1 heterocycles. The van der Waals surface area contributed by atoms with Crippen molar-refractivity contribution in [3.63, 3.8) is 0 Å². The van der Waals surface area contributed by atoms with E-state index < -0.39 is 0 Å². The van der Waals surface area contributed by atoms with Crippen LogP contribution in [-0.4, -0.2) is 7.05 Å². The number of nitrogens with one attached hydrogen (secondary N) is 1. The van der Waals surface area contributed by atoms with Gasteiger partial charge in [0.25, 0.3) is 0 Å². The van der Waals surface area contributed by atoms with Crippen LogP contribution in [0, 0.1) is 0 Å². The molecular weight excluding hydrogens is 282 g/mol. The highest BCUT2D eigenvalue weighted by Crippen LogP contribution is 2.29. The molecular formula is C13H20BrNS. The summed E-state index contributed by atoms with van der Waals surface area (Å²) in [5.41, 5.74) is 0. The van der Waals surface area contributed by atoms with Gasteiger partial charge in [0.15, 0.2) is 0 Å². The fourth-order valence-corrected chi connectivity index (χ4v) is 3.33. The van der Waals surface area contributed by atoms with E-state index in [1.54, 1.807) is 0 Å². The predicted molar refractivity (Wildman–Crippen MR) is 77.1 cm³/mol. The number of thiophene rings is 1. The Morgan fingerprint density at radius 2 is 2.25 bits per heavy atom. The van der Waals surface area contributed by atoms with Gasteiger partial charge < -0.3 is 5.32 Å². The van der Waals surface area contributed by atoms with Gasteiger partial charge in [-0.25, -0.2) is 0 Å². The Morgan fingerprint density at radius 1 is 1.44 bits per heavy atom. The molecule has 0 amide bonds. The molecule has 1 N–H and O–H groups in total.